The SMILES string of the molecule is C=Cc1c(C)cccc1C(=O)N1CCCCC1C. The number of hydrogen-bond acceptors (Lipinski definition) is 1. The van der Waals surface area contributed by atoms with E-state index >= 15 is 0 Å². The normalized spacial score (nSPS) is 19.7. The van der Waals surface area contributed by atoms with Gasteiger partial charge < -0.3 is 4.90 Å². The first-order valence-electron chi connectivity index (χ1n) is 6.68. The molecule has 2 heteroatoms. The Bertz CT molecular complexity index is 464. The van der Waals surface area contributed by atoms with Gasteiger partial charge in [-0.05, 0) is 50.3 Å². The van der Waals surface area contributed by atoms with Gasteiger partial charge in [0.1, 0.15) is 0 Å². The van der Waals surface area contributed by atoms with Gasteiger partial charge in [-0.2, -0.15) is 0 Å². The van der Waals surface area contributed by atoms with Crippen molar-refractivity contribution in [3.05, 3.63) is 41.5 Å². The first kappa shape index (κ1) is 12.9. The Hall–Kier alpha value is -1.57. The van der Waals surface area contributed by atoms with Gasteiger partial charge in [0, 0.05) is 18.2 Å². The van der Waals surface area contributed by atoms with Crippen molar-refractivity contribution in [1.82, 2.24) is 4.90 Å². The molecule has 1 atom stereocenters. The molecule has 1 unspecified atom stereocenters. The molecule has 2 rings (SSSR count). The van der Waals surface area contributed by atoms with E-state index in [0.717, 1.165) is 36.1 Å². The van der Waals surface area contributed by atoms with E-state index in [2.05, 4.69) is 13.5 Å². The van der Waals surface area contributed by atoms with E-state index in [-0.39, 0.29) is 5.91 Å². The summed E-state index contributed by atoms with van der Waals surface area (Å²) in [5.41, 5.74) is 2.87. The molecule has 1 aliphatic heterocycles. The molecule has 0 N–H and O–H groups in total. The van der Waals surface area contributed by atoms with Crippen LogP contribution >= 0.6 is 0 Å². The van der Waals surface area contributed by atoms with Crippen LogP contribution in [0.15, 0.2) is 24.8 Å². The molecule has 0 aliphatic carbocycles. The van der Waals surface area contributed by atoms with Crippen LogP contribution < -0.4 is 0 Å². The lowest BCUT2D eigenvalue weighted by Crippen LogP contribution is -2.42. The summed E-state index contributed by atoms with van der Waals surface area (Å²) in [7, 11) is 0. The van der Waals surface area contributed by atoms with Crippen LogP contribution in [0.25, 0.3) is 6.08 Å². The monoisotopic (exact) mass is 243 g/mol. The molecule has 1 aromatic rings. The lowest BCUT2D eigenvalue weighted by molar-refractivity contribution is 0.0635. The van der Waals surface area contributed by atoms with Crippen LogP contribution in [0.4, 0.5) is 0 Å². The summed E-state index contributed by atoms with van der Waals surface area (Å²) in [6.07, 6.45) is 5.25. The fourth-order valence-electron chi connectivity index (χ4n) is 2.69. The van der Waals surface area contributed by atoms with Crippen molar-refractivity contribution < 1.29 is 4.79 Å². The minimum Gasteiger partial charge on any atom is -0.336 e. The Morgan fingerprint density at radius 1 is 1.44 bits per heavy atom. The number of amides is 1. The van der Waals surface area contributed by atoms with Crippen LogP contribution in [0.2, 0.25) is 0 Å². The predicted molar refractivity (Wildman–Crippen MR) is 75.6 cm³/mol. The van der Waals surface area contributed by atoms with Gasteiger partial charge >= 0.3 is 0 Å². The molecule has 1 heterocycles. The minimum absolute atomic E-state index is 0.154. The number of piperidine rings is 1. The summed E-state index contributed by atoms with van der Waals surface area (Å²) >= 11 is 0. The van der Waals surface area contributed by atoms with Crippen molar-refractivity contribution in [1.29, 1.82) is 0 Å². The summed E-state index contributed by atoms with van der Waals surface area (Å²) in [6.45, 7) is 8.87. The second-order valence-corrected chi connectivity index (χ2v) is 5.08. The lowest BCUT2D eigenvalue weighted by atomic mass is 9.98. The molecule has 0 spiro atoms. The molecule has 18 heavy (non-hydrogen) atoms. The molecule has 1 fully saturated rings. The average molecular weight is 243 g/mol. The van der Waals surface area contributed by atoms with Gasteiger partial charge in [-0.3, -0.25) is 4.79 Å². The van der Waals surface area contributed by atoms with E-state index in [1.807, 2.05) is 30.0 Å². The maximum absolute atomic E-state index is 12.6. The molecule has 2 nitrogen and oxygen atoms in total. The smallest absolute Gasteiger partial charge is 0.254 e. The zero-order valence-corrected chi connectivity index (χ0v) is 11.3. The summed E-state index contributed by atoms with van der Waals surface area (Å²) in [4.78, 5) is 14.6. The fraction of sp³-hybridized carbons (Fsp3) is 0.438. The highest BCUT2D eigenvalue weighted by atomic mass is 16.2. The van der Waals surface area contributed by atoms with Gasteiger partial charge in [-0.25, -0.2) is 0 Å². The van der Waals surface area contributed by atoms with E-state index in [4.69, 9.17) is 0 Å². The minimum atomic E-state index is 0.154. The van der Waals surface area contributed by atoms with Gasteiger partial charge in [-0.1, -0.05) is 24.8 Å². The third-order valence-electron chi connectivity index (χ3n) is 3.82. The Balaban J connectivity index is 2.33. The number of rotatable bonds is 2. The summed E-state index contributed by atoms with van der Waals surface area (Å²) in [5, 5.41) is 0. The van der Waals surface area contributed by atoms with Crippen molar-refractivity contribution in [2.45, 2.75) is 39.2 Å². The fourth-order valence-corrected chi connectivity index (χ4v) is 2.69. The van der Waals surface area contributed by atoms with Crippen molar-refractivity contribution in [3.63, 3.8) is 0 Å². The molecule has 96 valence electrons. The van der Waals surface area contributed by atoms with Crippen LogP contribution in [0.5, 0.6) is 0 Å². The van der Waals surface area contributed by atoms with Gasteiger partial charge in [0.15, 0.2) is 0 Å². The summed E-state index contributed by atoms with van der Waals surface area (Å²) in [6, 6.07) is 6.23. The largest absolute Gasteiger partial charge is 0.336 e. The van der Waals surface area contributed by atoms with Gasteiger partial charge in [-0.15, -0.1) is 0 Å². The van der Waals surface area contributed by atoms with Crippen LogP contribution in [-0.2, 0) is 0 Å². The highest BCUT2D eigenvalue weighted by molar-refractivity contribution is 5.98. The van der Waals surface area contributed by atoms with E-state index in [1.54, 1.807) is 6.08 Å². The highest BCUT2D eigenvalue weighted by Crippen LogP contribution is 2.22. The van der Waals surface area contributed by atoms with Crippen LogP contribution in [0.1, 0.15) is 47.7 Å². The Kier molecular flexibility index (Phi) is 3.85. The molecular formula is C16H21NO. The van der Waals surface area contributed by atoms with E-state index < -0.39 is 0 Å². The van der Waals surface area contributed by atoms with Crippen LogP contribution in [0.3, 0.4) is 0 Å². The molecule has 1 saturated heterocycles. The number of carbonyl (C=O) groups excluding carboxylic acids is 1. The zero-order chi connectivity index (χ0) is 13.1. The molecule has 1 aromatic carbocycles. The third-order valence-corrected chi connectivity index (χ3v) is 3.82. The molecule has 0 aromatic heterocycles. The van der Waals surface area contributed by atoms with Crippen LogP contribution in [-0.4, -0.2) is 23.4 Å². The summed E-state index contributed by atoms with van der Waals surface area (Å²) < 4.78 is 0. The van der Waals surface area contributed by atoms with Crippen molar-refractivity contribution in [3.8, 4) is 0 Å². The lowest BCUT2D eigenvalue weighted by Gasteiger charge is -2.34. The van der Waals surface area contributed by atoms with E-state index in [9.17, 15) is 4.79 Å². The quantitative estimate of drug-likeness (QED) is 0.776. The maximum atomic E-state index is 12.6. The van der Waals surface area contributed by atoms with Crippen molar-refractivity contribution in [2.24, 2.45) is 0 Å². The molecular weight excluding hydrogens is 222 g/mol. The van der Waals surface area contributed by atoms with Gasteiger partial charge in [0.25, 0.3) is 5.91 Å². The summed E-state index contributed by atoms with van der Waals surface area (Å²) in [5.74, 6) is 0.154. The average Bonchev–Trinajstić information content (AvgIpc) is 2.38. The van der Waals surface area contributed by atoms with Crippen molar-refractivity contribution in [2.75, 3.05) is 6.54 Å². The van der Waals surface area contributed by atoms with Crippen LogP contribution in [0, 0.1) is 6.92 Å². The highest BCUT2D eigenvalue weighted by Gasteiger charge is 2.25. The molecule has 0 bridgehead atoms. The Labute approximate surface area is 109 Å². The first-order valence-corrected chi connectivity index (χ1v) is 6.68. The predicted octanol–water partition coefficient (Wildman–Crippen LogP) is 3.65. The van der Waals surface area contributed by atoms with E-state index in [1.165, 1.54) is 6.42 Å². The maximum Gasteiger partial charge on any atom is 0.254 e. The molecule has 1 amide bonds. The first-order chi connectivity index (χ1) is 8.65. The topological polar surface area (TPSA) is 20.3 Å². The Morgan fingerprint density at radius 2 is 2.22 bits per heavy atom. The molecule has 0 saturated carbocycles. The third kappa shape index (κ3) is 2.33. The van der Waals surface area contributed by atoms with Gasteiger partial charge in [0.05, 0.1) is 0 Å². The van der Waals surface area contributed by atoms with Crippen molar-refractivity contribution >= 4 is 12.0 Å². The molecule has 0 radical (unpaired) electrons. The van der Waals surface area contributed by atoms with E-state index in [0.29, 0.717) is 6.04 Å². The number of likely N-dealkylation sites (tertiary alicyclic amines) is 1. The number of hydrogen-bond donors (Lipinski definition) is 0. The number of carbonyl (C=O) groups is 1. The standard InChI is InChI=1S/C16H21NO/c1-4-14-12(2)8-7-10-15(14)16(18)17-11-6-5-9-13(17)3/h4,7-8,10,13H,1,5-6,9,11H2,2-3H3. The number of benzene rings is 1. The Morgan fingerprint density at radius 3 is 2.89 bits per heavy atom. The second kappa shape index (κ2) is 5.38. The second-order valence-electron chi connectivity index (χ2n) is 5.08. The zero-order valence-electron chi connectivity index (χ0n) is 11.3. The number of nitrogens with zero attached hydrogens (tertiary/aromatic N) is 1. The molecule has 1 aliphatic rings. The van der Waals surface area contributed by atoms with Gasteiger partial charge in [0.2, 0.25) is 0 Å². The number of aryl methyl sites for hydroxylation is 1.